The van der Waals surface area contributed by atoms with Gasteiger partial charge in [-0.05, 0) is 49.2 Å². The quantitative estimate of drug-likeness (QED) is 0.462. The highest BCUT2D eigenvalue weighted by Gasteiger charge is 2.12. The highest BCUT2D eigenvalue weighted by Crippen LogP contribution is 2.26. The number of piperazine rings is 1. The molecule has 0 bridgehead atoms. The molecule has 0 spiro atoms. The van der Waals surface area contributed by atoms with Gasteiger partial charge in [-0.15, -0.1) is 0 Å². The van der Waals surface area contributed by atoms with E-state index in [1.165, 1.54) is 5.56 Å². The molecule has 31 heavy (non-hydrogen) atoms. The fraction of sp³-hybridized carbons (Fsp3) is 0.304. The van der Waals surface area contributed by atoms with Crippen molar-refractivity contribution in [2.24, 2.45) is 0 Å². The van der Waals surface area contributed by atoms with Crippen LogP contribution in [0.25, 0.3) is 22.3 Å². The fourth-order valence-electron chi connectivity index (χ4n) is 3.93. The number of aromatic nitrogens is 5. The number of hydrogen-bond acceptors (Lipinski definition) is 7. The normalized spacial score (nSPS) is 14.8. The minimum absolute atomic E-state index is 0.676. The van der Waals surface area contributed by atoms with Gasteiger partial charge in [-0.3, -0.25) is 4.90 Å². The number of hydrogen-bond donors (Lipinski definition) is 3. The Morgan fingerprint density at radius 3 is 2.77 bits per heavy atom. The largest absolute Gasteiger partial charge is 0.324 e. The van der Waals surface area contributed by atoms with Crippen LogP contribution in [-0.2, 0) is 6.54 Å². The molecule has 4 aromatic rings. The second kappa shape index (κ2) is 8.41. The van der Waals surface area contributed by atoms with Crippen molar-refractivity contribution >= 4 is 22.8 Å². The zero-order valence-corrected chi connectivity index (χ0v) is 17.8. The first-order chi connectivity index (χ1) is 15.1. The summed E-state index contributed by atoms with van der Waals surface area (Å²) in [5.41, 5.74) is 6.13. The van der Waals surface area contributed by atoms with Crippen LogP contribution in [-0.4, -0.2) is 56.0 Å². The summed E-state index contributed by atoms with van der Waals surface area (Å²) in [4.78, 5) is 23.8. The first kappa shape index (κ1) is 19.6. The number of rotatable bonds is 5. The maximum atomic E-state index is 4.67. The molecule has 5 rings (SSSR count). The topological polar surface area (TPSA) is 94.6 Å². The molecule has 0 unspecified atom stereocenters. The summed E-state index contributed by atoms with van der Waals surface area (Å²) in [5, 5.41) is 6.71. The van der Waals surface area contributed by atoms with Gasteiger partial charge >= 0.3 is 0 Å². The standard InChI is InChI=1S/C23H26N8/c1-15-13-26-16(2)27-22(15)18-3-4-19-20(12-18)29-23(28-19)30-21-11-17(5-6-25-21)14-31-9-7-24-8-10-31/h3-6,11-13,24H,7-10,14H2,1-2H3,(H2,25,28,29,30). The highest BCUT2D eigenvalue weighted by atomic mass is 15.2. The van der Waals surface area contributed by atoms with Crippen LogP contribution in [0.2, 0.25) is 0 Å². The molecule has 8 heteroatoms. The number of imidazole rings is 1. The van der Waals surface area contributed by atoms with Gasteiger partial charge in [-0.2, -0.15) is 0 Å². The highest BCUT2D eigenvalue weighted by molar-refractivity contribution is 5.83. The average molecular weight is 415 g/mol. The number of benzene rings is 1. The molecule has 0 atom stereocenters. The van der Waals surface area contributed by atoms with E-state index in [2.05, 4.69) is 58.7 Å². The Labute approximate surface area is 181 Å². The van der Waals surface area contributed by atoms with Crippen molar-refractivity contribution in [3.05, 3.63) is 59.7 Å². The number of H-pyrrole nitrogens is 1. The number of nitrogens with zero attached hydrogens (tertiary/aromatic N) is 5. The SMILES string of the molecule is Cc1ncc(C)c(-c2ccc3nc(Nc4cc(CN5CCNCC5)ccn4)[nH]c3c2)n1. The number of nitrogens with one attached hydrogen (secondary N) is 3. The Hall–Kier alpha value is -3.36. The van der Waals surface area contributed by atoms with E-state index in [0.717, 1.165) is 72.2 Å². The van der Waals surface area contributed by atoms with Crippen molar-refractivity contribution in [2.45, 2.75) is 20.4 Å². The van der Waals surface area contributed by atoms with Crippen LogP contribution in [0.3, 0.4) is 0 Å². The Morgan fingerprint density at radius 1 is 1.03 bits per heavy atom. The van der Waals surface area contributed by atoms with E-state index in [0.29, 0.717) is 5.95 Å². The predicted octanol–water partition coefficient (Wildman–Crippen LogP) is 3.18. The molecule has 158 valence electrons. The maximum absolute atomic E-state index is 4.67. The Balaban J connectivity index is 1.36. The minimum Gasteiger partial charge on any atom is -0.324 e. The van der Waals surface area contributed by atoms with E-state index in [4.69, 9.17) is 0 Å². The van der Waals surface area contributed by atoms with Gasteiger partial charge < -0.3 is 15.6 Å². The summed E-state index contributed by atoms with van der Waals surface area (Å²) in [6, 6.07) is 10.3. The number of aryl methyl sites for hydroxylation is 2. The monoisotopic (exact) mass is 414 g/mol. The van der Waals surface area contributed by atoms with Crippen LogP contribution in [0.5, 0.6) is 0 Å². The van der Waals surface area contributed by atoms with Crippen molar-refractivity contribution in [1.82, 2.24) is 35.1 Å². The van der Waals surface area contributed by atoms with E-state index in [-0.39, 0.29) is 0 Å². The zero-order chi connectivity index (χ0) is 21.2. The summed E-state index contributed by atoms with van der Waals surface area (Å²) in [7, 11) is 0. The van der Waals surface area contributed by atoms with Gasteiger partial charge in [0, 0.05) is 50.7 Å². The fourth-order valence-corrected chi connectivity index (χ4v) is 3.93. The summed E-state index contributed by atoms with van der Waals surface area (Å²) >= 11 is 0. The van der Waals surface area contributed by atoms with E-state index in [9.17, 15) is 0 Å². The van der Waals surface area contributed by atoms with Gasteiger partial charge in [-0.1, -0.05) is 6.07 Å². The number of pyridine rings is 1. The molecule has 8 nitrogen and oxygen atoms in total. The molecule has 1 aliphatic rings. The third-order valence-corrected chi connectivity index (χ3v) is 5.53. The van der Waals surface area contributed by atoms with Crippen LogP contribution in [0.4, 0.5) is 11.8 Å². The molecule has 0 saturated carbocycles. The maximum Gasteiger partial charge on any atom is 0.206 e. The van der Waals surface area contributed by atoms with Gasteiger partial charge in [0.15, 0.2) is 0 Å². The van der Waals surface area contributed by atoms with Crippen LogP contribution >= 0.6 is 0 Å². The van der Waals surface area contributed by atoms with E-state index in [1.807, 2.05) is 38.4 Å². The van der Waals surface area contributed by atoms with Crippen molar-refractivity contribution in [3.8, 4) is 11.3 Å². The lowest BCUT2D eigenvalue weighted by atomic mass is 10.1. The van der Waals surface area contributed by atoms with Gasteiger partial charge in [0.25, 0.3) is 0 Å². The third kappa shape index (κ3) is 4.40. The first-order valence-electron chi connectivity index (χ1n) is 10.6. The number of anilines is 2. The average Bonchev–Trinajstić information content (AvgIpc) is 3.18. The van der Waals surface area contributed by atoms with Crippen LogP contribution < -0.4 is 10.6 Å². The van der Waals surface area contributed by atoms with Crippen molar-refractivity contribution in [1.29, 1.82) is 0 Å². The van der Waals surface area contributed by atoms with E-state index < -0.39 is 0 Å². The van der Waals surface area contributed by atoms with Gasteiger partial charge in [-0.25, -0.2) is 19.9 Å². The molecular formula is C23H26N8. The van der Waals surface area contributed by atoms with Crippen LogP contribution in [0.15, 0.2) is 42.7 Å². The lowest BCUT2D eigenvalue weighted by Gasteiger charge is -2.27. The van der Waals surface area contributed by atoms with E-state index >= 15 is 0 Å². The molecule has 1 fully saturated rings. The molecule has 1 aliphatic heterocycles. The minimum atomic E-state index is 0.676. The molecule has 0 amide bonds. The summed E-state index contributed by atoms with van der Waals surface area (Å²) in [6.45, 7) is 9.10. The summed E-state index contributed by atoms with van der Waals surface area (Å²) in [6.07, 6.45) is 3.71. The van der Waals surface area contributed by atoms with Gasteiger partial charge in [0.1, 0.15) is 11.6 Å². The Morgan fingerprint density at radius 2 is 1.90 bits per heavy atom. The number of fused-ring (bicyclic) bond motifs is 1. The van der Waals surface area contributed by atoms with Gasteiger partial charge in [0.2, 0.25) is 5.95 Å². The van der Waals surface area contributed by atoms with Crippen molar-refractivity contribution in [3.63, 3.8) is 0 Å². The summed E-state index contributed by atoms with van der Waals surface area (Å²) in [5.74, 6) is 2.23. The third-order valence-electron chi connectivity index (χ3n) is 5.53. The number of aromatic amines is 1. The molecule has 1 aromatic carbocycles. The van der Waals surface area contributed by atoms with Crippen LogP contribution in [0.1, 0.15) is 17.0 Å². The molecule has 4 heterocycles. The molecule has 0 radical (unpaired) electrons. The van der Waals surface area contributed by atoms with E-state index in [1.54, 1.807) is 0 Å². The molecule has 3 N–H and O–H groups in total. The molecular weight excluding hydrogens is 388 g/mol. The lowest BCUT2D eigenvalue weighted by molar-refractivity contribution is 0.233. The first-order valence-corrected chi connectivity index (χ1v) is 10.6. The smallest absolute Gasteiger partial charge is 0.206 e. The van der Waals surface area contributed by atoms with Crippen molar-refractivity contribution < 1.29 is 0 Å². The molecule has 1 saturated heterocycles. The Bertz CT molecular complexity index is 1210. The second-order valence-electron chi connectivity index (χ2n) is 7.97. The van der Waals surface area contributed by atoms with Gasteiger partial charge in [0.05, 0.1) is 16.7 Å². The second-order valence-corrected chi connectivity index (χ2v) is 7.97. The lowest BCUT2D eigenvalue weighted by Crippen LogP contribution is -2.42. The molecule has 3 aromatic heterocycles. The zero-order valence-electron chi connectivity index (χ0n) is 17.8. The predicted molar refractivity (Wildman–Crippen MR) is 122 cm³/mol. The van der Waals surface area contributed by atoms with Crippen LogP contribution in [0, 0.1) is 13.8 Å². The Kier molecular flexibility index (Phi) is 5.31. The summed E-state index contributed by atoms with van der Waals surface area (Å²) < 4.78 is 0. The molecule has 0 aliphatic carbocycles. The van der Waals surface area contributed by atoms with Crippen molar-refractivity contribution in [2.75, 3.05) is 31.5 Å².